The molecule has 1 rings (SSSR count). The van der Waals surface area contributed by atoms with Gasteiger partial charge in [0.25, 0.3) is 5.91 Å². The van der Waals surface area contributed by atoms with Crippen molar-refractivity contribution in [3.05, 3.63) is 35.4 Å². The van der Waals surface area contributed by atoms with E-state index < -0.39 is 0 Å². The zero-order valence-corrected chi connectivity index (χ0v) is 17.3. The molecule has 24 heavy (non-hydrogen) atoms. The first-order valence-corrected chi connectivity index (χ1v) is 7.94. The Balaban J connectivity index is 0.00000529. The fourth-order valence-corrected chi connectivity index (χ4v) is 1.85. The summed E-state index contributed by atoms with van der Waals surface area (Å²) in [6.45, 7) is 6.91. The predicted molar refractivity (Wildman–Crippen MR) is 111 cm³/mol. The number of amides is 1. The van der Waals surface area contributed by atoms with Crippen molar-refractivity contribution in [3.8, 4) is 0 Å². The fraction of sp³-hybridized carbons (Fsp3) is 0.529. The van der Waals surface area contributed by atoms with Crippen LogP contribution in [0.25, 0.3) is 0 Å². The van der Waals surface area contributed by atoms with Gasteiger partial charge in [0.2, 0.25) is 0 Å². The van der Waals surface area contributed by atoms with Gasteiger partial charge in [-0.2, -0.15) is 0 Å². The molecule has 0 heterocycles. The third-order valence-corrected chi connectivity index (χ3v) is 3.16. The van der Waals surface area contributed by atoms with Gasteiger partial charge in [-0.15, -0.1) is 24.0 Å². The molecule has 0 atom stereocenters. The molecule has 6 nitrogen and oxygen atoms in total. The zero-order valence-electron chi connectivity index (χ0n) is 15.0. The van der Waals surface area contributed by atoms with Crippen LogP contribution < -0.4 is 16.4 Å². The average molecular weight is 447 g/mol. The van der Waals surface area contributed by atoms with E-state index in [2.05, 4.69) is 29.5 Å². The number of nitrogens with two attached hydrogens (primary N) is 1. The largest absolute Gasteiger partial charge is 0.370 e. The molecule has 0 spiro atoms. The smallest absolute Gasteiger partial charge is 0.251 e. The van der Waals surface area contributed by atoms with Gasteiger partial charge in [0, 0.05) is 25.2 Å². The number of likely N-dealkylation sites (N-methyl/N-ethyl adjacent to an activating group) is 1. The maximum Gasteiger partial charge on any atom is 0.251 e. The Bertz CT molecular complexity index is 531. The molecule has 7 heteroatoms. The second-order valence-electron chi connectivity index (χ2n) is 6.24. The van der Waals surface area contributed by atoms with Gasteiger partial charge in [0.15, 0.2) is 5.96 Å². The summed E-state index contributed by atoms with van der Waals surface area (Å²) in [7, 11) is 3.95. The van der Waals surface area contributed by atoms with E-state index in [1.165, 1.54) is 0 Å². The molecule has 136 valence electrons. The normalized spacial score (nSPS) is 11.3. The highest BCUT2D eigenvalue weighted by Gasteiger charge is 2.06. The van der Waals surface area contributed by atoms with Crippen molar-refractivity contribution in [3.63, 3.8) is 0 Å². The van der Waals surface area contributed by atoms with Crippen LogP contribution in [0.1, 0.15) is 29.8 Å². The number of nitrogens with one attached hydrogen (secondary N) is 2. The maximum atomic E-state index is 12.1. The van der Waals surface area contributed by atoms with Crippen molar-refractivity contribution in [1.29, 1.82) is 0 Å². The lowest BCUT2D eigenvalue weighted by molar-refractivity contribution is 0.0951. The minimum absolute atomic E-state index is 0. The van der Waals surface area contributed by atoms with Gasteiger partial charge >= 0.3 is 0 Å². The summed E-state index contributed by atoms with van der Waals surface area (Å²) in [4.78, 5) is 18.4. The summed E-state index contributed by atoms with van der Waals surface area (Å²) in [6.07, 6.45) is 0. The highest BCUT2D eigenvalue weighted by atomic mass is 127. The SMILES string of the molecule is CC(C)CNC(N)=NCc1cccc(C(=O)NCCN(C)C)c1.I. The topological polar surface area (TPSA) is 82.7 Å². The number of hydrogen-bond donors (Lipinski definition) is 3. The Labute approximate surface area is 162 Å². The number of nitrogens with zero attached hydrogens (tertiary/aromatic N) is 2. The Morgan fingerprint density at radius 3 is 2.62 bits per heavy atom. The molecule has 4 N–H and O–H groups in total. The molecule has 0 saturated carbocycles. The van der Waals surface area contributed by atoms with E-state index in [0.717, 1.165) is 18.7 Å². The van der Waals surface area contributed by atoms with Crippen molar-refractivity contribution >= 4 is 35.8 Å². The number of halogens is 1. The summed E-state index contributed by atoms with van der Waals surface area (Å²) >= 11 is 0. The first kappa shape index (κ1) is 22.6. The molecule has 0 radical (unpaired) electrons. The first-order chi connectivity index (χ1) is 10.9. The molecule has 0 bridgehead atoms. The van der Waals surface area contributed by atoms with Gasteiger partial charge in [0.05, 0.1) is 6.54 Å². The van der Waals surface area contributed by atoms with Crippen molar-refractivity contribution in [1.82, 2.24) is 15.5 Å². The summed E-state index contributed by atoms with van der Waals surface area (Å²) in [5, 5.41) is 5.97. The van der Waals surface area contributed by atoms with E-state index in [4.69, 9.17) is 5.73 Å². The maximum absolute atomic E-state index is 12.1. The molecule has 1 aromatic rings. The lowest BCUT2D eigenvalue weighted by Gasteiger charge is -2.11. The summed E-state index contributed by atoms with van der Waals surface area (Å²) in [5.74, 6) is 0.876. The third kappa shape index (κ3) is 9.71. The number of hydrogen-bond acceptors (Lipinski definition) is 3. The Morgan fingerprint density at radius 1 is 1.29 bits per heavy atom. The van der Waals surface area contributed by atoms with Gasteiger partial charge in [-0.05, 0) is 37.7 Å². The Morgan fingerprint density at radius 2 is 2.00 bits per heavy atom. The molecule has 0 unspecified atom stereocenters. The second-order valence-corrected chi connectivity index (χ2v) is 6.24. The van der Waals surface area contributed by atoms with Crippen LogP contribution in [0.5, 0.6) is 0 Å². The molecule has 0 fully saturated rings. The van der Waals surface area contributed by atoms with E-state index in [9.17, 15) is 4.79 Å². The molecular formula is C17H30IN5O. The number of carbonyl (C=O) groups excluding carboxylic acids is 1. The van der Waals surface area contributed by atoms with Crippen LogP contribution in [0.15, 0.2) is 29.3 Å². The molecular weight excluding hydrogens is 417 g/mol. The van der Waals surface area contributed by atoms with Gasteiger partial charge in [0.1, 0.15) is 0 Å². The molecule has 1 aromatic carbocycles. The van der Waals surface area contributed by atoms with Crippen LogP contribution in [-0.2, 0) is 6.54 Å². The van der Waals surface area contributed by atoms with Gasteiger partial charge in [-0.25, -0.2) is 4.99 Å². The number of benzene rings is 1. The zero-order chi connectivity index (χ0) is 17.2. The fourth-order valence-electron chi connectivity index (χ4n) is 1.85. The summed E-state index contributed by atoms with van der Waals surface area (Å²) in [6, 6.07) is 7.46. The van der Waals surface area contributed by atoms with E-state index in [-0.39, 0.29) is 29.9 Å². The number of guanidine groups is 1. The predicted octanol–water partition coefficient (Wildman–Crippen LogP) is 1.66. The third-order valence-electron chi connectivity index (χ3n) is 3.16. The molecule has 0 aliphatic heterocycles. The average Bonchev–Trinajstić information content (AvgIpc) is 2.50. The second kappa shape index (κ2) is 12.1. The van der Waals surface area contributed by atoms with Crippen molar-refractivity contribution < 1.29 is 4.79 Å². The van der Waals surface area contributed by atoms with Crippen molar-refractivity contribution in [2.45, 2.75) is 20.4 Å². The van der Waals surface area contributed by atoms with E-state index in [1.807, 2.05) is 37.2 Å². The summed E-state index contributed by atoms with van der Waals surface area (Å²) in [5.41, 5.74) is 7.42. The van der Waals surface area contributed by atoms with Crippen molar-refractivity contribution in [2.24, 2.45) is 16.6 Å². The monoisotopic (exact) mass is 447 g/mol. The summed E-state index contributed by atoms with van der Waals surface area (Å²) < 4.78 is 0. The molecule has 0 saturated heterocycles. The Kier molecular flexibility index (Phi) is 11.4. The van der Waals surface area contributed by atoms with Gasteiger partial charge in [-0.3, -0.25) is 4.79 Å². The first-order valence-electron chi connectivity index (χ1n) is 7.94. The number of aliphatic imine (C=N–C) groups is 1. The standard InChI is InChI=1S/C17H29N5O.HI/c1-13(2)11-20-17(18)21-12-14-6-5-7-15(10-14)16(23)19-8-9-22(3)4;/h5-7,10,13H,8-9,11-12H2,1-4H3,(H,19,23)(H3,18,20,21);1H. The van der Waals surface area contributed by atoms with Gasteiger partial charge < -0.3 is 21.3 Å². The Hall–Kier alpha value is -1.35. The van der Waals surface area contributed by atoms with Crippen LogP contribution in [0, 0.1) is 5.92 Å². The van der Waals surface area contributed by atoms with Crippen LogP contribution in [0.2, 0.25) is 0 Å². The minimum atomic E-state index is -0.0661. The van der Waals surface area contributed by atoms with Gasteiger partial charge in [-0.1, -0.05) is 26.0 Å². The van der Waals surface area contributed by atoms with Crippen LogP contribution >= 0.6 is 24.0 Å². The quantitative estimate of drug-likeness (QED) is 0.322. The lowest BCUT2D eigenvalue weighted by atomic mass is 10.1. The minimum Gasteiger partial charge on any atom is -0.370 e. The molecule has 0 aromatic heterocycles. The highest BCUT2D eigenvalue weighted by Crippen LogP contribution is 2.06. The van der Waals surface area contributed by atoms with Crippen LogP contribution in [0.4, 0.5) is 0 Å². The molecule has 0 aliphatic carbocycles. The van der Waals surface area contributed by atoms with Crippen LogP contribution in [0.3, 0.4) is 0 Å². The lowest BCUT2D eigenvalue weighted by Crippen LogP contribution is -2.34. The van der Waals surface area contributed by atoms with Crippen LogP contribution in [-0.4, -0.2) is 50.5 Å². The van der Waals surface area contributed by atoms with E-state index in [1.54, 1.807) is 6.07 Å². The molecule has 1 amide bonds. The van der Waals surface area contributed by atoms with Crippen molar-refractivity contribution in [2.75, 3.05) is 33.7 Å². The number of rotatable bonds is 8. The number of carbonyl (C=O) groups is 1. The van der Waals surface area contributed by atoms with E-state index >= 15 is 0 Å². The molecule has 0 aliphatic rings. The van der Waals surface area contributed by atoms with E-state index in [0.29, 0.717) is 30.5 Å². The highest BCUT2D eigenvalue weighted by molar-refractivity contribution is 14.0.